The van der Waals surface area contributed by atoms with Gasteiger partial charge in [-0.1, -0.05) is 0 Å². The summed E-state index contributed by atoms with van der Waals surface area (Å²) in [6.07, 6.45) is 2.08. The fraction of sp³-hybridized carbons (Fsp3) is 0.278. The van der Waals surface area contributed by atoms with E-state index in [4.69, 9.17) is 9.47 Å². The van der Waals surface area contributed by atoms with Crippen LogP contribution in [0.25, 0.3) is 0 Å². The van der Waals surface area contributed by atoms with E-state index in [0.717, 1.165) is 31.6 Å². The van der Waals surface area contributed by atoms with Gasteiger partial charge in [0, 0.05) is 12.2 Å². The van der Waals surface area contributed by atoms with Gasteiger partial charge in [-0.2, -0.15) is 0 Å². The van der Waals surface area contributed by atoms with Gasteiger partial charge in [0.2, 0.25) is 0 Å². The number of anilines is 1. The lowest BCUT2D eigenvalue weighted by Crippen LogP contribution is -2.30. The van der Waals surface area contributed by atoms with E-state index in [0.29, 0.717) is 12.4 Å². The first-order valence-corrected chi connectivity index (χ1v) is 8.09. The quantitative estimate of drug-likeness (QED) is 0.608. The van der Waals surface area contributed by atoms with Crippen LogP contribution in [0.15, 0.2) is 36.4 Å². The van der Waals surface area contributed by atoms with Crippen LogP contribution < -0.4 is 15.6 Å². The Morgan fingerprint density at radius 2 is 1.88 bits per heavy atom. The Morgan fingerprint density at radius 3 is 2.58 bits per heavy atom. The van der Waals surface area contributed by atoms with Crippen LogP contribution >= 0.6 is 0 Å². The highest BCUT2D eigenvalue weighted by Crippen LogP contribution is 2.19. The predicted molar refractivity (Wildman–Crippen MR) is 88.3 cm³/mol. The minimum Gasteiger partial charge on any atom is -0.491 e. The van der Waals surface area contributed by atoms with Crippen LogP contribution in [0.1, 0.15) is 23.2 Å². The van der Waals surface area contributed by atoms with Crippen LogP contribution in [0.4, 0.5) is 18.9 Å². The van der Waals surface area contributed by atoms with E-state index in [2.05, 4.69) is 10.9 Å². The second kappa shape index (κ2) is 8.09. The van der Waals surface area contributed by atoms with Crippen LogP contribution in [0.5, 0.6) is 5.75 Å². The Kier molecular flexibility index (Phi) is 5.62. The molecule has 1 amide bonds. The first kappa shape index (κ1) is 18.1. The molecule has 1 aliphatic heterocycles. The number of hydrazine groups is 1. The van der Waals surface area contributed by atoms with Crippen LogP contribution in [0.2, 0.25) is 0 Å². The largest absolute Gasteiger partial charge is 0.491 e. The van der Waals surface area contributed by atoms with Crippen molar-refractivity contribution < 1.29 is 27.4 Å². The third kappa shape index (κ3) is 4.26. The van der Waals surface area contributed by atoms with Crippen molar-refractivity contribution in [1.29, 1.82) is 0 Å². The lowest BCUT2D eigenvalue weighted by atomic mass is 10.2. The van der Waals surface area contributed by atoms with Crippen LogP contribution in [0, 0.1) is 17.5 Å². The summed E-state index contributed by atoms with van der Waals surface area (Å²) in [4.78, 5) is 12.0. The minimum absolute atomic E-state index is 0.0909. The Hall–Kier alpha value is -2.74. The molecule has 1 atom stereocenters. The molecule has 2 aromatic rings. The zero-order chi connectivity index (χ0) is 18.5. The van der Waals surface area contributed by atoms with Crippen molar-refractivity contribution >= 4 is 11.6 Å². The summed E-state index contributed by atoms with van der Waals surface area (Å²) in [5.74, 6) is -4.31. The highest BCUT2D eigenvalue weighted by molar-refractivity contribution is 5.95. The third-order valence-electron chi connectivity index (χ3n) is 3.92. The number of benzene rings is 2. The van der Waals surface area contributed by atoms with Crippen molar-refractivity contribution in [1.82, 2.24) is 5.43 Å². The van der Waals surface area contributed by atoms with Crippen LogP contribution in [-0.2, 0) is 4.74 Å². The molecule has 1 aliphatic rings. The smallest absolute Gasteiger partial charge is 0.269 e. The minimum atomic E-state index is -1.61. The van der Waals surface area contributed by atoms with Gasteiger partial charge in [0.15, 0.2) is 17.5 Å². The summed E-state index contributed by atoms with van der Waals surface area (Å²) in [5.41, 5.74) is 4.35. The van der Waals surface area contributed by atoms with Crippen LogP contribution in [-0.4, -0.2) is 25.2 Å². The number of carbonyl (C=O) groups is 1. The van der Waals surface area contributed by atoms with Gasteiger partial charge < -0.3 is 9.47 Å². The molecule has 8 heteroatoms. The highest BCUT2D eigenvalue weighted by Gasteiger charge is 2.16. The van der Waals surface area contributed by atoms with Gasteiger partial charge in [0.25, 0.3) is 5.91 Å². The molecule has 0 aromatic heterocycles. The molecule has 1 saturated heterocycles. The van der Waals surface area contributed by atoms with Crippen molar-refractivity contribution in [3.8, 4) is 5.75 Å². The van der Waals surface area contributed by atoms with Crippen molar-refractivity contribution in [2.45, 2.75) is 18.9 Å². The molecule has 5 nitrogen and oxygen atoms in total. The molecule has 2 N–H and O–H groups in total. The number of ether oxygens (including phenoxy) is 2. The molecule has 1 heterocycles. The molecule has 2 aromatic carbocycles. The molecular formula is C18H17F3N2O3. The summed E-state index contributed by atoms with van der Waals surface area (Å²) in [6.45, 7) is 1.20. The SMILES string of the molecule is O=C(NNc1ccc(F)c(F)c1F)c1ccc(OCC2CCCO2)cc1. The molecule has 0 saturated carbocycles. The Balaban J connectivity index is 1.54. The number of hydrogen-bond donors (Lipinski definition) is 2. The number of hydrogen-bond acceptors (Lipinski definition) is 4. The van der Waals surface area contributed by atoms with Gasteiger partial charge in [0.05, 0.1) is 11.8 Å². The van der Waals surface area contributed by atoms with Gasteiger partial charge in [-0.25, -0.2) is 13.2 Å². The van der Waals surface area contributed by atoms with E-state index in [1.54, 1.807) is 12.1 Å². The topological polar surface area (TPSA) is 59.6 Å². The molecule has 138 valence electrons. The van der Waals surface area contributed by atoms with Gasteiger partial charge in [-0.05, 0) is 49.2 Å². The molecule has 0 spiro atoms. The van der Waals surface area contributed by atoms with Crippen molar-refractivity contribution in [2.24, 2.45) is 0 Å². The maximum Gasteiger partial charge on any atom is 0.269 e. The zero-order valence-electron chi connectivity index (χ0n) is 13.7. The average Bonchev–Trinajstić information content (AvgIpc) is 3.18. The third-order valence-corrected chi connectivity index (χ3v) is 3.92. The summed E-state index contributed by atoms with van der Waals surface area (Å²) >= 11 is 0. The van der Waals surface area contributed by atoms with Crippen molar-refractivity contribution in [2.75, 3.05) is 18.6 Å². The maximum absolute atomic E-state index is 13.5. The number of rotatable bonds is 6. The lowest BCUT2D eigenvalue weighted by molar-refractivity contribution is 0.0679. The van der Waals surface area contributed by atoms with Gasteiger partial charge in [0.1, 0.15) is 12.4 Å². The monoisotopic (exact) mass is 366 g/mol. The maximum atomic E-state index is 13.5. The second-order valence-electron chi connectivity index (χ2n) is 5.77. The van der Waals surface area contributed by atoms with Crippen LogP contribution in [0.3, 0.4) is 0 Å². The average molecular weight is 366 g/mol. The first-order valence-electron chi connectivity index (χ1n) is 8.09. The molecule has 1 fully saturated rings. The fourth-order valence-corrected chi connectivity index (χ4v) is 2.49. The van der Waals surface area contributed by atoms with Gasteiger partial charge in [-0.15, -0.1) is 0 Å². The lowest BCUT2D eigenvalue weighted by Gasteiger charge is -2.12. The predicted octanol–water partition coefficient (Wildman–Crippen LogP) is 3.42. The summed E-state index contributed by atoms with van der Waals surface area (Å²) in [5, 5.41) is 0. The number of halogens is 3. The number of amides is 1. The van der Waals surface area contributed by atoms with E-state index in [9.17, 15) is 18.0 Å². The first-order chi connectivity index (χ1) is 12.5. The molecule has 0 bridgehead atoms. The molecule has 26 heavy (non-hydrogen) atoms. The summed E-state index contributed by atoms with van der Waals surface area (Å²) < 4.78 is 50.6. The number of carbonyl (C=O) groups excluding carboxylic acids is 1. The Labute approximate surface area is 148 Å². The molecular weight excluding hydrogens is 349 g/mol. The molecule has 3 rings (SSSR count). The van der Waals surface area contributed by atoms with Gasteiger partial charge in [-0.3, -0.25) is 15.6 Å². The highest BCUT2D eigenvalue weighted by atomic mass is 19.2. The van der Waals surface area contributed by atoms with Crippen molar-refractivity contribution in [3.05, 3.63) is 59.4 Å². The summed E-state index contributed by atoms with van der Waals surface area (Å²) in [6, 6.07) is 8.06. The standard InChI is InChI=1S/C18H17F3N2O3/c19-14-7-8-15(17(21)16(14)20)22-23-18(24)11-3-5-12(6-4-11)26-10-13-2-1-9-25-13/h3-8,13,22H,1-2,9-10H2,(H,23,24). The van der Waals surface area contributed by atoms with E-state index in [1.807, 2.05) is 0 Å². The normalized spacial score (nSPS) is 16.3. The number of nitrogens with one attached hydrogen (secondary N) is 2. The molecule has 1 unspecified atom stereocenters. The zero-order valence-corrected chi connectivity index (χ0v) is 13.7. The van der Waals surface area contributed by atoms with E-state index in [-0.39, 0.29) is 17.4 Å². The van der Waals surface area contributed by atoms with Gasteiger partial charge >= 0.3 is 0 Å². The molecule has 0 radical (unpaired) electrons. The van der Waals surface area contributed by atoms with E-state index < -0.39 is 23.4 Å². The Bertz CT molecular complexity index is 778. The Morgan fingerprint density at radius 1 is 1.12 bits per heavy atom. The van der Waals surface area contributed by atoms with Crippen molar-refractivity contribution in [3.63, 3.8) is 0 Å². The fourth-order valence-electron chi connectivity index (χ4n) is 2.49. The molecule has 0 aliphatic carbocycles. The van der Waals surface area contributed by atoms with E-state index in [1.165, 1.54) is 12.1 Å². The summed E-state index contributed by atoms with van der Waals surface area (Å²) in [7, 11) is 0. The van der Waals surface area contributed by atoms with E-state index >= 15 is 0 Å². The second-order valence-corrected chi connectivity index (χ2v) is 5.77.